The molecule has 4 atom stereocenters. The van der Waals surface area contributed by atoms with E-state index in [9.17, 15) is 4.79 Å². The number of ketones is 1. The first-order valence-electron chi connectivity index (χ1n) is 11.0. The molecule has 3 fully saturated rings. The monoisotopic (exact) mass is 369 g/mol. The van der Waals surface area contributed by atoms with E-state index in [0.717, 1.165) is 24.2 Å². The minimum Gasteiger partial charge on any atom is -0.292 e. The summed E-state index contributed by atoms with van der Waals surface area (Å²) in [5.41, 5.74) is 4.46. The van der Waals surface area contributed by atoms with Crippen molar-refractivity contribution in [1.82, 2.24) is 4.90 Å². The van der Waals surface area contributed by atoms with E-state index in [1.807, 2.05) is 6.07 Å². The number of rotatable bonds is 3. The van der Waals surface area contributed by atoms with E-state index >= 15 is 0 Å². The molecule has 2 saturated carbocycles. The molecule has 1 heterocycles. The van der Waals surface area contributed by atoms with Gasteiger partial charge in [0.15, 0.2) is 5.78 Å². The maximum atomic E-state index is 14.4. The van der Waals surface area contributed by atoms with E-state index in [0.29, 0.717) is 23.5 Å². The molecule has 0 unspecified atom stereocenters. The molecule has 4 aliphatic rings. The molecule has 0 aromatic heterocycles. The number of hydrogen-bond acceptors (Lipinski definition) is 2. The molecule has 2 nitrogen and oxygen atoms in total. The van der Waals surface area contributed by atoms with Crippen LogP contribution in [0.4, 0.5) is 0 Å². The van der Waals surface area contributed by atoms with Gasteiger partial charge in [-0.15, -0.1) is 0 Å². The van der Waals surface area contributed by atoms with Crippen molar-refractivity contribution in [2.45, 2.75) is 37.6 Å². The molecule has 6 rings (SSSR count). The van der Waals surface area contributed by atoms with Crippen LogP contribution < -0.4 is 0 Å². The van der Waals surface area contributed by atoms with Gasteiger partial charge in [0.25, 0.3) is 0 Å². The van der Waals surface area contributed by atoms with Gasteiger partial charge in [0, 0.05) is 11.5 Å². The minimum absolute atomic E-state index is 0.268. The van der Waals surface area contributed by atoms with Crippen molar-refractivity contribution in [3.05, 3.63) is 71.8 Å². The number of nitrogens with zero attached hydrogens (tertiary/aromatic N) is 1. The fraction of sp³-hybridized carbons (Fsp3) is 0.423. The van der Waals surface area contributed by atoms with E-state index in [1.54, 1.807) is 0 Å². The lowest BCUT2D eigenvalue weighted by molar-refractivity contribution is -0.129. The summed E-state index contributed by atoms with van der Waals surface area (Å²) in [6.07, 6.45) is 6.23. The lowest BCUT2D eigenvalue weighted by Crippen LogP contribution is -2.59. The van der Waals surface area contributed by atoms with E-state index in [4.69, 9.17) is 0 Å². The van der Waals surface area contributed by atoms with Gasteiger partial charge in [0.1, 0.15) is 0 Å². The zero-order chi connectivity index (χ0) is 18.7. The Morgan fingerprint density at radius 3 is 2.14 bits per heavy atom. The maximum absolute atomic E-state index is 14.4. The number of hydrogen-bond donors (Lipinski definition) is 0. The van der Waals surface area contributed by atoms with Gasteiger partial charge in [-0.25, -0.2) is 0 Å². The summed E-state index contributed by atoms with van der Waals surface area (Å²) in [7, 11) is 0. The topological polar surface area (TPSA) is 20.3 Å². The molecule has 1 saturated heterocycles. The first-order valence-corrected chi connectivity index (χ1v) is 11.0. The van der Waals surface area contributed by atoms with Crippen molar-refractivity contribution in [3.8, 4) is 0 Å². The van der Waals surface area contributed by atoms with Gasteiger partial charge in [0.2, 0.25) is 0 Å². The van der Waals surface area contributed by atoms with Crippen LogP contribution in [0.1, 0.15) is 43.2 Å². The van der Waals surface area contributed by atoms with Gasteiger partial charge in [0.05, 0.1) is 5.54 Å². The van der Waals surface area contributed by atoms with Crippen molar-refractivity contribution < 1.29 is 4.79 Å². The number of Topliss-reactive ketones (excluding diaryl/α,β-unsaturated/α-hetero) is 1. The number of benzene rings is 2. The average molecular weight is 370 g/mol. The normalized spacial score (nSPS) is 34.4. The summed E-state index contributed by atoms with van der Waals surface area (Å²) < 4.78 is 0. The molecule has 2 heteroatoms. The van der Waals surface area contributed by atoms with E-state index in [-0.39, 0.29) is 5.54 Å². The van der Waals surface area contributed by atoms with Crippen molar-refractivity contribution in [1.29, 1.82) is 0 Å². The number of carbonyl (C=O) groups excluding carboxylic acids is 1. The fourth-order valence-electron chi connectivity index (χ4n) is 7.11. The molecule has 2 bridgehead atoms. The Kier molecular flexibility index (Phi) is 3.68. The molecule has 28 heavy (non-hydrogen) atoms. The van der Waals surface area contributed by atoms with Crippen molar-refractivity contribution in [2.24, 2.45) is 17.8 Å². The van der Waals surface area contributed by atoms with Crippen LogP contribution in [0.15, 0.2) is 60.7 Å². The van der Waals surface area contributed by atoms with Crippen molar-refractivity contribution >= 4 is 16.9 Å². The first-order chi connectivity index (χ1) is 13.8. The largest absolute Gasteiger partial charge is 0.292 e. The quantitative estimate of drug-likeness (QED) is 0.754. The first kappa shape index (κ1) is 16.7. The van der Waals surface area contributed by atoms with E-state index in [2.05, 4.69) is 59.5 Å². The summed E-state index contributed by atoms with van der Waals surface area (Å²) in [6, 6.07) is 21.2. The third-order valence-electron chi connectivity index (χ3n) is 7.99. The van der Waals surface area contributed by atoms with Crippen LogP contribution in [-0.4, -0.2) is 29.3 Å². The highest BCUT2D eigenvalue weighted by Crippen LogP contribution is 2.67. The van der Waals surface area contributed by atoms with E-state index in [1.165, 1.54) is 43.2 Å². The molecule has 0 amide bonds. The van der Waals surface area contributed by atoms with Gasteiger partial charge in [-0.1, -0.05) is 60.7 Å². The predicted molar refractivity (Wildman–Crippen MR) is 113 cm³/mol. The van der Waals surface area contributed by atoms with E-state index < -0.39 is 0 Å². The molecule has 2 aromatic carbocycles. The van der Waals surface area contributed by atoms with Crippen LogP contribution in [0.5, 0.6) is 0 Å². The second kappa shape index (κ2) is 6.15. The molecular formula is C26H27NO. The second-order valence-electron chi connectivity index (χ2n) is 9.12. The Morgan fingerprint density at radius 1 is 0.821 bits per heavy atom. The Hall–Kier alpha value is -2.19. The van der Waals surface area contributed by atoms with Crippen LogP contribution in [0.3, 0.4) is 0 Å². The average Bonchev–Trinajstić information content (AvgIpc) is 3.52. The third-order valence-corrected chi connectivity index (χ3v) is 7.99. The highest BCUT2D eigenvalue weighted by Gasteiger charge is 2.69. The minimum atomic E-state index is -0.268. The van der Waals surface area contributed by atoms with Gasteiger partial charge >= 0.3 is 0 Å². The molecule has 0 N–H and O–H groups in total. The number of likely N-dealkylation sites (tertiary alicyclic amines) is 1. The molecule has 3 aliphatic carbocycles. The molecule has 1 aliphatic heterocycles. The highest BCUT2D eigenvalue weighted by atomic mass is 16.1. The molecule has 2 aromatic rings. The van der Waals surface area contributed by atoms with Crippen LogP contribution >= 0.6 is 0 Å². The van der Waals surface area contributed by atoms with Crippen LogP contribution in [0, 0.1) is 17.8 Å². The van der Waals surface area contributed by atoms with Crippen molar-refractivity contribution in [2.75, 3.05) is 13.1 Å². The standard InChI is InChI=1S/C26H27NO/c28-25-23(19-11-5-2-6-12-19)22(18-9-3-1-4-10-18)24-20-13-14-21(17-20)26(24,25)27-15-7-8-16-27/h1-6,9-12,20-21,24H,7-8,13-17H2/t20-,21+,24-,26+/m1/s1. The van der Waals surface area contributed by atoms with Gasteiger partial charge in [-0.05, 0) is 73.7 Å². The molecule has 0 radical (unpaired) electrons. The van der Waals surface area contributed by atoms with Gasteiger partial charge < -0.3 is 0 Å². The van der Waals surface area contributed by atoms with Crippen LogP contribution in [0.25, 0.3) is 11.1 Å². The molecule has 0 spiro atoms. The smallest absolute Gasteiger partial charge is 0.184 e. The number of carbonyl (C=O) groups is 1. The summed E-state index contributed by atoms with van der Waals surface area (Å²) in [5.74, 6) is 1.99. The Morgan fingerprint density at radius 2 is 1.46 bits per heavy atom. The lowest BCUT2D eigenvalue weighted by Gasteiger charge is -2.46. The second-order valence-corrected chi connectivity index (χ2v) is 9.12. The predicted octanol–water partition coefficient (Wildman–Crippen LogP) is 5.06. The van der Waals surface area contributed by atoms with Gasteiger partial charge in [-0.2, -0.15) is 0 Å². The third kappa shape index (κ3) is 2.05. The van der Waals surface area contributed by atoms with Crippen LogP contribution in [0.2, 0.25) is 0 Å². The molecule has 142 valence electrons. The summed E-state index contributed by atoms with van der Waals surface area (Å²) in [5, 5.41) is 0. The summed E-state index contributed by atoms with van der Waals surface area (Å²) >= 11 is 0. The molecular weight excluding hydrogens is 342 g/mol. The lowest BCUT2D eigenvalue weighted by atomic mass is 9.70. The van der Waals surface area contributed by atoms with Crippen LogP contribution in [-0.2, 0) is 4.79 Å². The maximum Gasteiger partial charge on any atom is 0.184 e. The van der Waals surface area contributed by atoms with Gasteiger partial charge in [-0.3, -0.25) is 9.69 Å². The SMILES string of the molecule is O=C1C(c2ccccc2)=C(c2ccccc2)[C@H]2[C@@H]3CC[C@@H](C3)[C@@]12N1CCCC1. The summed E-state index contributed by atoms with van der Waals surface area (Å²) in [6.45, 7) is 2.19. The number of fused-ring (bicyclic) bond motifs is 5. The Bertz CT molecular complexity index is 941. The Labute approximate surface area is 167 Å². The zero-order valence-corrected chi connectivity index (χ0v) is 16.3. The van der Waals surface area contributed by atoms with Crippen molar-refractivity contribution in [3.63, 3.8) is 0 Å². The summed E-state index contributed by atoms with van der Waals surface area (Å²) in [4.78, 5) is 17.0. The zero-order valence-electron chi connectivity index (χ0n) is 16.3. The Balaban J connectivity index is 1.62. The highest BCUT2D eigenvalue weighted by molar-refractivity contribution is 6.36. The fourth-order valence-corrected chi connectivity index (χ4v) is 7.11.